The summed E-state index contributed by atoms with van der Waals surface area (Å²) in [6.45, 7) is 1.90. The van der Waals surface area contributed by atoms with Gasteiger partial charge in [-0.3, -0.25) is 14.3 Å². The van der Waals surface area contributed by atoms with Crippen molar-refractivity contribution in [1.82, 2.24) is 30.0 Å². The van der Waals surface area contributed by atoms with Crippen molar-refractivity contribution in [1.29, 1.82) is 0 Å². The van der Waals surface area contributed by atoms with Gasteiger partial charge >= 0.3 is 12.4 Å². The fourth-order valence-corrected chi connectivity index (χ4v) is 5.09. The molecule has 1 saturated heterocycles. The molecule has 0 atom stereocenters. The van der Waals surface area contributed by atoms with Crippen LogP contribution >= 0.6 is 0 Å². The average molecular weight is 605 g/mol. The van der Waals surface area contributed by atoms with Crippen LogP contribution in [0, 0.1) is 12.8 Å². The van der Waals surface area contributed by atoms with Gasteiger partial charge in [-0.05, 0) is 61.1 Å². The Kier molecular flexibility index (Phi) is 8.12. The summed E-state index contributed by atoms with van der Waals surface area (Å²) < 4.78 is 77.4. The summed E-state index contributed by atoms with van der Waals surface area (Å²) in [7, 11) is 0. The molecule has 2 aromatic carbocycles. The fourth-order valence-electron chi connectivity index (χ4n) is 5.09. The number of nitrogens with one attached hydrogen (secondary N) is 1. The second-order valence-corrected chi connectivity index (χ2v) is 10.4. The molecule has 43 heavy (non-hydrogen) atoms. The smallest absolute Gasteiger partial charge is 0.343 e. The Morgan fingerprint density at radius 3 is 2.19 bits per heavy atom. The predicted molar refractivity (Wildman–Crippen MR) is 144 cm³/mol. The molecular formula is C29H26F6N6O2. The highest BCUT2D eigenvalue weighted by Gasteiger charge is 2.34. The number of hydrogen-bond acceptors (Lipinski definition) is 5. The van der Waals surface area contributed by atoms with Gasteiger partial charge in [0.1, 0.15) is 6.54 Å². The molecule has 1 aliphatic heterocycles. The molecule has 0 bridgehead atoms. The number of nitrogens with zero attached hydrogens (tertiary/aromatic N) is 5. The van der Waals surface area contributed by atoms with Gasteiger partial charge in [-0.2, -0.15) is 31.4 Å². The van der Waals surface area contributed by atoms with Crippen molar-refractivity contribution in [3.8, 4) is 11.1 Å². The van der Waals surface area contributed by atoms with Crippen molar-refractivity contribution in [2.45, 2.75) is 38.7 Å². The number of hydrogen-bond donors (Lipinski definition) is 1. The fraction of sp³-hybridized carbons (Fsp3) is 0.345. The Morgan fingerprint density at radius 2 is 1.58 bits per heavy atom. The maximum absolute atomic E-state index is 13.1. The highest BCUT2D eigenvalue weighted by Crippen LogP contribution is 2.28. The SMILES string of the molecule is Cc1c(C(=O)NCC(F)(F)F)ccc2nn(CC3CCN(C(=O)c4ccc(-c5cnc(C(F)(F)F)nc5)cc4)CC3)cc12. The minimum Gasteiger partial charge on any atom is -0.343 e. The first kappa shape index (κ1) is 30.0. The number of carbonyl (C=O) groups is 2. The molecule has 2 amide bonds. The molecule has 0 aliphatic carbocycles. The molecule has 1 fully saturated rings. The van der Waals surface area contributed by atoms with Crippen LogP contribution in [0.5, 0.6) is 0 Å². The molecule has 0 unspecified atom stereocenters. The molecular weight excluding hydrogens is 578 g/mol. The minimum absolute atomic E-state index is 0.148. The molecule has 1 aliphatic rings. The quantitative estimate of drug-likeness (QED) is 0.287. The third-order valence-electron chi connectivity index (χ3n) is 7.42. The Morgan fingerprint density at radius 1 is 0.930 bits per heavy atom. The zero-order valence-corrected chi connectivity index (χ0v) is 22.8. The number of piperidine rings is 1. The first-order valence-electron chi connectivity index (χ1n) is 13.4. The van der Waals surface area contributed by atoms with Crippen molar-refractivity contribution in [3.05, 3.63) is 77.5 Å². The number of halogens is 6. The summed E-state index contributed by atoms with van der Waals surface area (Å²) in [4.78, 5) is 33.8. The lowest BCUT2D eigenvalue weighted by Gasteiger charge is -2.32. The average Bonchev–Trinajstić information content (AvgIpc) is 3.39. The normalized spacial score (nSPS) is 14.7. The first-order chi connectivity index (χ1) is 20.3. The largest absolute Gasteiger partial charge is 0.451 e. The van der Waals surface area contributed by atoms with Crippen molar-refractivity contribution < 1.29 is 35.9 Å². The monoisotopic (exact) mass is 604 g/mol. The van der Waals surface area contributed by atoms with E-state index in [1.807, 2.05) is 5.32 Å². The third kappa shape index (κ3) is 6.95. The van der Waals surface area contributed by atoms with Gasteiger partial charge in [-0.1, -0.05) is 12.1 Å². The number of benzene rings is 2. The summed E-state index contributed by atoms with van der Waals surface area (Å²) in [5, 5.41) is 7.14. The number of carbonyl (C=O) groups excluding carboxylic acids is 2. The van der Waals surface area contributed by atoms with Crippen LogP contribution in [-0.2, 0) is 12.7 Å². The highest BCUT2D eigenvalue weighted by atomic mass is 19.4. The summed E-state index contributed by atoms with van der Waals surface area (Å²) in [6, 6.07) is 9.60. The van der Waals surface area contributed by atoms with E-state index < -0.39 is 30.6 Å². The lowest BCUT2D eigenvalue weighted by Crippen LogP contribution is -2.39. The lowest BCUT2D eigenvalue weighted by atomic mass is 9.96. The Balaban J connectivity index is 1.17. The number of aromatic nitrogens is 4. The van der Waals surface area contributed by atoms with Crippen LogP contribution in [0.15, 0.2) is 55.0 Å². The number of likely N-dealkylation sites (tertiary alicyclic amines) is 1. The van der Waals surface area contributed by atoms with E-state index in [-0.39, 0.29) is 17.4 Å². The van der Waals surface area contributed by atoms with E-state index in [2.05, 4.69) is 15.1 Å². The van der Waals surface area contributed by atoms with Crippen molar-refractivity contribution in [2.24, 2.45) is 5.92 Å². The topological polar surface area (TPSA) is 93.0 Å². The molecule has 0 spiro atoms. The molecule has 5 rings (SSSR count). The van der Waals surface area contributed by atoms with Crippen LogP contribution in [-0.4, -0.2) is 62.3 Å². The van der Waals surface area contributed by atoms with E-state index in [0.717, 1.165) is 25.2 Å². The number of fused-ring (bicyclic) bond motifs is 1. The van der Waals surface area contributed by atoms with Gasteiger partial charge in [0.2, 0.25) is 5.82 Å². The van der Waals surface area contributed by atoms with Gasteiger partial charge in [-0.25, -0.2) is 9.97 Å². The maximum Gasteiger partial charge on any atom is 0.451 e. The van der Waals surface area contributed by atoms with E-state index in [4.69, 9.17) is 0 Å². The molecule has 0 radical (unpaired) electrons. The van der Waals surface area contributed by atoms with Crippen LogP contribution < -0.4 is 5.32 Å². The second-order valence-electron chi connectivity index (χ2n) is 10.4. The van der Waals surface area contributed by atoms with Crippen LogP contribution in [0.25, 0.3) is 22.0 Å². The van der Waals surface area contributed by atoms with Crippen molar-refractivity contribution in [2.75, 3.05) is 19.6 Å². The number of alkyl halides is 6. The van der Waals surface area contributed by atoms with Crippen LogP contribution in [0.2, 0.25) is 0 Å². The maximum atomic E-state index is 13.1. The predicted octanol–water partition coefficient (Wildman–Crippen LogP) is 5.67. The van der Waals surface area contributed by atoms with Gasteiger partial charge in [0.25, 0.3) is 11.8 Å². The van der Waals surface area contributed by atoms with Crippen molar-refractivity contribution >= 4 is 22.7 Å². The standard InChI is InChI=1S/C29H26F6N6O2/c1-17-22(25(42)38-16-28(30,31)32)6-7-24-23(17)15-41(39-24)14-18-8-10-40(11-9-18)26(43)20-4-2-19(3-5-20)21-12-36-27(37-13-21)29(33,34)35/h2-7,12-13,15,18H,8-11,14,16H2,1H3,(H,38,42). The van der Waals surface area contributed by atoms with E-state index in [9.17, 15) is 35.9 Å². The van der Waals surface area contributed by atoms with Crippen LogP contribution in [0.1, 0.15) is 44.9 Å². The van der Waals surface area contributed by atoms with E-state index in [1.165, 1.54) is 6.07 Å². The molecule has 226 valence electrons. The van der Waals surface area contributed by atoms with Crippen molar-refractivity contribution in [3.63, 3.8) is 0 Å². The second kappa shape index (κ2) is 11.7. The lowest BCUT2D eigenvalue weighted by molar-refractivity contribution is -0.145. The van der Waals surface area contributed by atoms with Crippen LogP contribution in [0.3, 0.4) is 0 Å². The third-order valence-corrected chi connectivity index (χ3v) is 7.42. The molecule has 1 N–H and O–H groups in total. The number of aryl methyl sites for hydroxylation is 1. The molecule has 0 saturated carbocycles. The first-order valence-corrected chi connectivity index (χ1v) is 13.4. The molecule has 14 heteroatoms. The Hall–Kier alpha value is -4.49. The van der Waals surface area contributed by atoms with E-state index in [1.54, 1.807) is 53.0 Å². The minimum atomic E-state index is -4.62. The molecule has 3 heterocycles. The van der Waals surface area contributed by atoms with Gasteiger partial charge in [0.15, 0.2) is 0 Å². The van der Waals surface area contributed by atoms with Gasteiger partial charge < -0.3 is 10.2 Å². The Bertz CT molecular complexity index is 1620. The molecule has 4 aromatic rings. The van der Waals surface area contributed by atoms with Gasteiger partial charge in [0, 0.05) is 60.3 Å². The van der Waals surface area contributed by atoms with E-state index >= 15 is 0 Å². The Labute approximate surface area is 241 Å². The summed E-state index contributed by atoms with van der Waals surface area (Å²) >= 11 is 0. The summed E-state index contributed by atoms with van der Waals surface area (Å²) in [5.74, 6) is -1.94. The summed E-state index contributed by atoms with van der Waals surface area (Å²) in [6.07, 6.45) is -3.70. The molecule has 8 nitrogen and oxygen atoms in total. The number of rotatable bonds is 6. The summed E-state index contributed by atoms with van der Waals surface area (Å²) in [5.41, 5.74) is 2.77. The molecule has 2 aromatic heterocycles. The van der Waals surface area contributed by atoms with Gasteiger partial charge in [0.05, 0.1) is 5.52 Å². The van der Waals surface area contributed by atoms with Crippen LogP contribution in [0.4, 0.5) is 26.3 Å². The highest BCUT2D eigenvalue weighted by molar-refractivity contribution is 6.00. The zero-order valence-electron chi connectivity index (χ0n) is 22.8. The van der Waals surface area contributed by atoms with E-state index in [0.29, 0.717) is 52.8 Å². The zero-order chi connectivity index (χ0) is 30.9. The number of amides is 2. The van der Waals surface area contributed by atoms with Gasteiger partial charge in [-0.15, -0.1) is 0 Å².